The number of nitrogens with two attached hydrogens (primary N) is 3. The minimum Gasteiger partial charge on any atom is -0.483 e. The van der Waals surface area contributed by atoms with Crippen LogP contribution in [0, 0.1) is 11.6 Å². The number of carbonyl (C=O) groups is 4. The SMILES string of the molecule is NCCC[C@H](N)C(=O)OCc1cc(F)c(F)cc1-c1ccc2nc(N)nc(C(=O)N3Cc4ccccc4C3)c2c1.O=CO.O=CO. The predicted octanol–water partition coefficient (Wildman–Crippen LogP) is 2.82. The Morgan fingerprint density at radius 3 is 2.20 bits per heavy atom. The van der Waals surface area contributed by atoms with Crippen LogP contribution in [0.1, 0.15) is 40.0 Å². The molecule has 5 rings (SSSR count). The maximum atomic E-state index is 14.4. The predicted molar refractivity (Wildman–Crippen MR) is 163 cm³/mol. The first-order valence-electron chi connectivity index (χ1n) is 13.8. The van der Waals surface area contributed by atoms with Gasteiger partial charge in [-0.25, -0.2) is 18.7 Å². The molecule has 15 heteroatoms. The topological polar surface area (TPSA) is 225 Å². The van der Waals surface area contributed by atoms with Crippen molar-refractivity contribution in [2.75, 3.05) is 12.3 Å². The molecular weight excluding hydrogens is 606 g/mol. The van der Waals surface area contributed by atoms with Crippen LogP contribution in [-0.2, 0) is 38.8 Å². The molecular formula is C31H32F2N6O7. The Labute approximate surface area is 261 Å². The fourth-order valence-electron chi connectivity index (χ4n) is 4.79. The molecule has 1 aliphatic heterocycles. The second kappa shape index (κ2) is 16.5. The summed E-state index contributed by atoms with van der Waals surface area (Å²) in [5.74, 6) is -3.25. The normalized spacial score (nSPS) is 12.1. The largest absolute Gasteiger partial charge is 0.483 e. The zero-order valence-corrected chi connectivity index (χ0v) is 24.4. The second-order valence-electron chi connectivity index (χ2n) is 9.87. The van der Waals surface area contributed by atoms with E-state index in [1.807, 2.05) is 24.3 Å². The lowest BCUT2D eigenvalue weighted by Crippen LogP contribution is -2.32. The summed E-state index contributed by atoms with van der Waals surface area (Å²) in [6.45, 7) is 0.384. The molecule has 0 saturated heterocycles. The fraction of sp³-hybridized carbons (Fsp3) is 0.226. The van der Waals surface area contributed by atoms with Crippen LogP contribution in [0.15, 0.2) is 54.6 Å². The highest BCUT2D eigenvalue weighted by Gasteiger charge is 2.27. The first-order valence-corrected chi connectivity index (χ1v) is 13.8. The number of rotatable bonds is 8. The smallest absolute Gasteiger partial charge is 0.323 e. The van der Waals surface area contributed by atoms with Crippen LogP contribution in [0.25, 0.3) is 22.0 Å². The van der Waals surface area contributed by atoms with Gasteiger partial charge in [0.1, 0.15) is 18.3 Å². The summed E-state index contributed by atoms with van der Waals surface area (Å²) in [5, 5.41) is 14.2. The van der Waals surface area contributed by atoms with E-state index in [4.69, 9.17) is 41.7 Å². The van der Waals surface area contributed by atoms with E-state index in [1.165, 1.54) is 0 Å². The minimum atomic E-state index is -1.09. The Morgan fingerprint density at radius 1 is 0.978 bits per heavy atom. The molecule has 8 N–H and O–H groups in total. The van der Waals surface area contributed by atoms with E-state index in [2.05, 4.69) is 9.97 Å². The summed E-state index contributed by atoms with van der Waals surface area (Å²) in [5.41, 5.74) is 20.8. The van der Waals surface area contributed by atoms with Crippen molar-refractivity contribution < 1.29 is 42.9 Å². The maximum absolute atomic E-state index is 14.4. The number of benzene rings is 3. The van der Waals surface area contributed by atoms with Crippen LogP contribution in [0.3, 0.4) is 0 Å². The number of nitrogens with zero attached hydrogens (tertiary/aromatic N) is 3. The molecule has 4 aromatic rings. The number of hydrogen-bond acceptors (Lipinski definition) is 10. The van der Waals surface area contributed by atoms with Gasteiger partial charge in [0, 0.05) is 24.0 Å². The molecule has 13 nitrogen and oxygen atoms in total. The summed E-state index contributed by atoms with van der Waals surface area (Å²) >= 11 is 0. The highest BCUT2D eigenvalue weighted by molar-refractivity contribution is 6.06. The van der Waals surface area contributed by atoms with Crippen molar-refractivity contribution in [3.63, 3.8) is 0 Å². The first kappa shape index (κ1) is 34.9. The zero-order valence-electron chi connectivity index (χ0n) is 24.4. The number of carboxylic acid groups (broad SMARTS) is 2. The number of amides is 1. The highest BCUT2D eigenvalue weighted by atomic mass is 19.2. The van der Waals surface area contributed by atoms with E-state index in [0.717, 1.165) is 23.3 Å². The van der Waals surface area contributed by atoms with Crippen molar-refractivity contribution in [3.8, 4) is 11.1 Å². The quantitative estimate of drug-likeness (QED) is 0.139. The van der Waals surface area contributed by atoms with Crippen molar-refractivity contribution in [1.82, 2.24) is 14.9 Å². The van der Waals surface area contributed by atoms with Crippen LogP contribution in [0.5, 0.6) is 0 Å². The third-order valence-electron chi connectivity index (χ3n) is 6.89. The lowest BCUT2D eigenvalue weighted by atomic mass is 9.97. The Balaban J connectivity index is 0.000000891. The minimum absolute atomic E-state index is 0.0632. The second-order valence-corrected chi connectivity index (χ2v) is 9.87. The van der Waals surface area contributed by atoms with E-state index in [0.29, 0.717) is 48.9 Å². The van der Waals surface area contributed by atoms with Crippen molar-refractivity contribution in [1.29, 1.82) is 0 Å². The molecule has 0 bridgehead atoms. The summed E-state index contributed by atoms with van der Waals surface area (Å²) < 4.78 is 34.0. The molecule has 46 heavy (non-hydrogen) atoms. The molecule has 1 amide bonds. The molecule has 1 aliphatic rings. The van der Waals surface area contributed by atoms with Gasteiger partial charge in [-0.05, 0) is 65.9 Å². The van der Waals surface area contributed by atoms with E-state index in [-0.39, 0.29) is 48.2 Å². The van der Waals surface area contributed by atoms with E-state index >= 15 is 0 Å². The maximum Gasteiger partial charge on any atom is 0.323 e. The molecule has 0 spiro atoms. The number of esters is 1. The van der Waals surface area contributed by atoms with Crippen molar-refractivity contribution in [2.45, 2.75) is 38.6 Å². The van der Waals surface area contributed by atoms with Crippen molar-refractivity contribution in [3.05, 3.63) is 88.6 Å². The Kier molecular flexibility index (Phi) is 12.5. The van der Waals surface area contributed by atoms with Crippen LogP contribution >= 0.6 is 0 Å². The molecule has 3 aromatic carbocycles. The molecule has 0 saturated carbocycles. The van der Waals surface area contributed by atoms with Gasteiger partial charge in [0.15, 0.2) is 11.6 Å². The van der Waals surface area contributed by atoms with Gasteiger partial charge in [0.05, 0.1) is 5.52 Å². The summed E-state index contributed by atoms with van der Waals surface area (Å²) in [6.07, 6.45) is 0.883. The Morgan fingerprint density at radius 2 is 1.59 bits per heavy atom. The first-order chi connectivity index (χ1) is 22.1. The lowest BCUT2D eigenvalue weighted by Gasteiger charge is -2.17. The number of nitrogen functional groups attached to an aromatic ring is 1. The summed E-state index contributed by atoms with van der Waals surface area (Å²) in [7, 11) is 0. The number of hydrogen-bond donors (Lipinski definition) is 5. The highest BCUT2D eigenvalue weighted by Crippen LogP contribution is 2.32. The number of carbonyl (C=O) groups excluding carboxylic acids is 2. The Hall–Kier alpha value is -5.54. The van der Waals surface area contributed by atoms with Gasteiger partial charge < -0.3 is 37.1 Å². The van der Waals surface area contributed by atoms with Gasteiger partial charge in [0.25, 0.3) is 18.9 Å². The molecule has 0 aliphatic carbocycles. The van der Waals surface area contributed by atoms with E-state index in [9.17, 15) is 18.4 Å². The molecule has 242 valence electrons. The zero-order chi connectivity index (χ0) is 33.8. The third-order valence-corrected chi connectivity index (χ3v) is 6.89. The summed E-state index contributed by atoms with van der Waals surface area (Å²) in [6, 6.07) is 13.8. The number of halogens is 2. The summed E-state index contributed by atoms with van der Waals surface area (Å²) in [4.78, 5) is 52.8. The van der Waals surface area contributed by atoms with Gasteiger partial charge in [-0.15, -0.1) is 0 Å². The van der Waals surface area contributed by atoms with Gasteiger partial charge in [-0.3, -0.25) is 19.2 Å². The molecule has 1 aromatic heterocycles. The Bertz CT molecular complexity index is 1690. The van der Waals surface area contributed by atoms with Crippen LogP contribution in [0.4, 0.5) is 14.7 Å². The number of anilines is 1. The fourth-order valence-corrected chi connectivity index (χ4v) is 4.79. The van der Waals surface area contributed by atoms with Crippen LogP contribution < -0.4 is 17.2 Å². The van der Waals surface area contributed by atoms with Gasteiger partial charge in [-0.2, -0.15) is 0 Å². The van der Waals surface area contributed by atoms with Crippen LogP contribution in [-0.4, -0.2) is 62.5 Å². The standard InChI is InChI=1S/C29H28F2N6O3.2CH2O2/c30-22-11-19(15-40-28(39)24(33)6-3-9-32)20(12-23(22)31)16-7-8-25-21(10-16)26(36-29(34)35-25)27(38)37-13-17-4-1-2-5-18(17)14-37;2*2-1-3/h1-2,4-5,7-8,10-12,24H,3,6,9,13-15,32-33H2,(H2,34,35,36);2*1H,(H,2,3)/t24-;;/m0../s1. The molecule has 2 heterocycles. The average Bonchev–Trinajstić information content (AvgIpc) is 3.48. The molecule has 1 atom stereocenters. The number of ether oxygens (including phenoxy) is 1. The van der Waals surface area contributed by atoms with E-state index in [1.54, 1.807) is 23.1 Å². The number of fused-ring (bicyclic) bond motifs is 2. The third kappa shape index (κ3) is 8.55. The lowest BCUT2D eigenvalue weighted by molar-refractivity contribution is -0.146. The number of aromatic nitrogens is 2. The van der Waals surface area contributed by atoms with Crippen molar-refractivity contribution in [2.24, 2.45) is 11.5 Å². The average molecular weight is 639 g/mol. The van der Waals surface area contributed by atoms with Gasteiger partial charge >= 0.3 is 5.97 Å². The monoisotopic (exact) mass is 638 g/mol. The molecule has 0 radical (unpaired) electrons. The molecule has 0 unspecified atom stereocenters. The van der Waals surface area contributed by atoms with Gasteiger partial charge in [0.2, 0.25) is 5.95 Å². The molecule has 0 fully saturated rings. The van der Waals surface area contributed by atoms with Gasteiger partial charge in [-0.1, -0.05) is 30.3 Å². The van der Waals surface area contributed by atoms with E-state index < -0.39 is 23.6 Å². The van der Waals surface area contributed by atoms with Crippen molar-refractivity contribution >= 4 is 41.7 Å². The van der Waals surface area contributed by atoms with Crippen LogP contribution in [0.2, 0.25) is 0 Å².